The highest BCUT2D eigenvalue weighted by Gasteiger charge is 2.35. The van der Waals surface area contributed by atoms with Crippen molar-refractivity contribution < 1.29 is 9.59 Å². The predicted octanol–water partition coefficient (Wildman–Crippen LogP) is 2.98. The van der Waals surface area contributed by atoms with Crippen molar-refractivity contribution in [1.82, 2.24) is 14.8 Å². The summed E-state index contributed by atoms with van der Waals surface area (Å²) in [6.07, 6.45) is 5.22. The molecule has 0 aliphatic carbocycles. The zero-order valence-electron chi connectivity index (χ0n) is 15.3. The summed E-state index contributed by atoms with van der Waals surface area (Å²) in [5, 5.41) is 7.06. The summed E-state index contributed by atoms with van der Waals surface area (Å²) >= 11 is 1.65. The molecule has 142 valence electrons. The molecule has 1 saturated heterocycles. The lowest BCUT2D eigenvalue weighted by Gasteiger charge is -2.17. The van der Waals surface area contributed by atoms with Gasteiger partial charge in [-0.1, -0.05) is 12.1 Å². The molecule has 7 nitrogen and oxygen atoms in total. The minimum absolute atomic E-state index is 0.0402. The normalized spacial score (nSPS) is 16.4. The average molecular weight is 393 g/mol. The van der Waals surface area contributed by atoms with Crippen molar-refractivity contribution in [3.8, 4) is 5.69 Å². The Hall–Kier alpha value is -3.13. The van der Waals surface area contributed by atoms with E-state index in [9.17, 15) is 9.59 Å². The minimum atomic E-state index is -0.406. The topological polar surface area (TPSA) is 80.1 Å². The smallest absolute Gasteiger partial charge is 0.229 e. The lowest BCUT2D eigenvalue weighted by Crippen LogP contribution is -2.28. The van der Waals surface area contributed by atoms with Gasteiger partial charge in [0.05, 0.1) is 17.3 Å². The summed E-state index contributed by atoms with van der Waals surface area (Å²) in [7, 11) is 0. The third-order valence-corrected chi connectivity index (χ3v) is 5.45. The van der Waals surface area contributed by atoms with E-state index in [1.54, 1.807) is 27.7 Å². The highest BCUT2D eigenvalue weighted by Crippen LogP contribution is 2.28. The first kappa shape index (κ1) is 18.2. The average Bonchev–Trinajstić information content (AvgIpc) is 3.38. The number of anilines is 2. The lowest BCUT2D eigenvalue weighted by atomic mass is 10.1. The number of amides is 2. The van der Waals surface area contributed by atoms with E-state index in [4.69, 9.17) is 0 Å². The Labute approximate surface area is 166 Å². The van der Waals surface area contributed by atoms with Crippen LogP contribution in [0.1, 0.15) is 6.42 Å². The second-order valence-electron chi connectivity index (χ2n) is 6.45. The highest BCUT2D eigenvalue weighted by atomic mass is 32.2. The number of aromatic nitrogens is 3. The van der Waals surface area contributed by atoms with Crippen molar-refractivity contribution in [2.45, 2.75) is 11.3 Å². The van der Waals surface area contributed by atoms with Gasteiger partial charge in [0.2, 0.25) is 11.8 Å². The molecule has 28 heavy (non-hydrogen) atoms. The maximum absolute atomic E-state index is 12.8. The summed E-state index contributed by atoms with van der Waals surface area (Å²) in [4.78, 5) is 32.0. The Balaban J connectivity index is 1.49. The van der Waals surface area contributed by atoms with Crippen LogP contribution < -0.4 is 10.2 Å². The van der Waals surface area contributed by atoms with Crippen LogP contribution in [0.2, 0.25) is 0 Å². The molecule has 1 N–H and O–H groups in total. The number of para-hydroxylation sites is 2. The number of hydrogen-bond donors (Lipinski definition) is 1. The summed E-state index contributed by atoms with van der Waals surface area (Å²) in [6, 6.07) is 15.2. The summed E-state index contributed by atoms with van der Waals surface area (Å²) in [5.41, 5.74) is 2.18. The number of thioether (sulfide) groups is 1. The van der Waals surface area contributed by atoms with E-state index >= 15 is 0 Å². The molecule has 1 aromatic heterocycles. The number of rotatable bonds is 5. The molecule has 2 aromatic carbocycles. The van der Waals surface area contributed by atoms with E-state index in [0.29, 0.717) is 12.2 Å². The van der Waals surface area contributed by atoms with Crippen LogP contribution in [0.15, 0.2) is 66.1 Å². The Morgan fingerprint density at radius 2 is 1.96 bits per heavy atom. The summed E-state index contributed by atoms with van der Waals surface area (Å²) in [6.45, 7) is 0.370. The van der Waals surface area contributed by atoms with Gasteiger partial charge in [0, 0.05) is 23.5 Å². The molecular weight excluding hydrogens is 374 g/mol. The van der Waals surface area contributed by atoms with Gasteiger partial charge in [0.25, 0.3) is 0 Å². The van der Waals surface area contributed by atoms with Crippen LogP contribution in [0.4, 0.5) is 11.4 Å². The molecule has 2 heterocycles. The first-order valence-electron chi connectivity index (χ1n) is 8.85. The molecule has 1 aliphatic heterocycles. The molecule has 0 saturated carbocycles. The van der Waals surface area contributed by atoms with Gasteiger partial charge in [0.15, 0.2) is 0 Å². The molecule has 4 rings (SSSR count). The van der Waals surface area contributed by atoms with Crippen molar-refractivity contribution in [3.05, 3.63) is 61.2 Å². The second-order valence-corrected chi connectivity index (χ2v) is 7.33. The Morgan fingerprint density at radius 3 is 2.68 bits per heavy atom. The number of nitrogens with zero attached hydrogens (tertiary/aromatic N) is 4. The standard InChI is InChI=1S/C20H19N5O2S/c1-28-16-8-6-15(7-9-16)24-11-14(10-19(24)26)20(27)23-17-4-2-3-5-18(17)25-13-21-12-22-25/h2-9,12-14H,10-11H2,1H3,(H,23,27). The van der Waals surface area contributed by atoms with Gasteiger partial charge in [-0.3, -0.25) is 9.59 Å². The van der Waals surface area contributed by atoms with Crippen molar-refractivity contribution in [1.29, 1.82) is 0 Å². The van der Waals surface area contributed by atoms with Crippen LogP contribution in [0.25, 0.3) is 5.69 Å². The molecule has 0 spiro atoms. The Morgan fingerprint density at radius 1 is 1.18 bits per heavy atom. The van der Waals surface area contributed by atoms with Crippen LogP contribution in [0, 0.1) is 5.92 Å². The molecule has 3 aromatic rings. The SMILES string of the molecule is CSc1ccc(N2CC(C(=O)Nc3ccccc3-n3cncn3)CC2=O)cc1. The first-order chi connectivity index (χ1) is 13.7. The van der Waals surface area contributed by atoms with E-state index in [1.807, 2.05) is 54.8 Å². The highest BCUT2D eigenvalue weighted by molar-refractivity contribution is 7.98. The molecular formula is C20H19N5O2S. The van der Waals surface area contributed by atoms with Crippen LogP contribution in [0.5, 0.6) is 0 Å². The third-order valence-electron chi connectivity index (χ3n) is 4.71. The van der Waals surface area contributed by atoms with Gasteiger partial charge in [-0.25, -0.2) is 9.67 Å². The number of carbonyl (C=O) groups is 2. The fourth-order valence-electron chi connectivity index (χ4n) is 3.24. The van der Waals surface area contributed by atoms with Crippen LogP contribution in [-0.2, 0) is 9.59 Å². The van der Waals surface area contributed by atoms with Gasteiger partial charge < -0.3 is 10.2 Å². The van der Waals surface area contributed by atoms with Gasteiger partial charge in [-0.05, 0) is 42.7 Å². The molecule has 8 heteroatoms. The Bertz CT molecular complexity index is 988. The maximum Gasteiger partial charge on any atom is 0.229 e. The number of benzene rings is 2. The van der Waals surface area contributed by atoms with Gasteiger partial charge >= 0.3 is 0 Å². The zero-order valence-corrected chi connectivity index (χ0v) is 16.1. The monoisotopic (exact) mass is 393 g/mol. The zero-order chi connectivity index (χ0) is 19.5. The van der Waals surface area contributed by atoms with E-state index in [0.717, 1.165) is 16.3 Å². The van der Waals surface area contributed by atoms with Crippen molar-refractivity contribution in [3.63, 3.8) is 0 Å². The van der Waals surface area contributed by atoms with Crippen LogP contribution in [-0.4, -0.2) is 39.4 Å². The van der Waals surface area contributed by atoms with E-state index in [2.05, 4.69) is 15.4 Å². The van der Waals surface area contributed by atoms with Crippen molar-refractivity contribution >= 4 is 35.0 Å². The summed E-state index contributed by atoms with van der Waals surface area (Å²) < 4.78 is 1.59. The lowest BCUT2D eigenvalue weighted by molar-refractivity contribution is -0.122. The van der Waals surface area contributed by atoms with Crippen molar-refractivity contribution in [2.75, 3.05) is 23.0 Å². The van der Waals surface area contributed by atoms with Gasteiger partial charge in [-0.15, -0.1) is 11.8 Å². The quantitative estimate of drug-likeness (QED) is 0.674. The van der Waals surface area contributed by atoms with E-state index in [1.165, 1.54) is 6.33 Å². The van der Waals surface area contributed by atoms with Crippen molar-refractivity contribution in [2.24, 2.45) is 5.92 Å². The molecule has 1 atom stereocenters. The number of nitrogens with one attached hydrogen (secondary N) is 1. The maximum atomic E-state index is 12.8. The fourth-order valence-corrected chi connectivity index (χ4v) is 3.65. The molecule has 0 bridgehead atoms. The number of hydrogen-bond acceptors (Lipinski definition) is 5. The molecule has 2 amide bonds. The van der Waals surface area contributed by atoms with Crippen LogP contribution in [0.3, 0.4) is 0 Å². The fraction of sp³-hybridized carbons (Fsp3) is 0.200. The number of carbonyl (C=O) groups excluding carboxylic acids is 2. The largest absolute Gasteiger partial charge is 0.324 e. The van der Waals surface area contributed by atoms with Gasteiger partial charge in [0.1, 0.15) is 12.7 Å². The van der Waals surface area contributed by atoms with E-state index in [-0.39, 0.29) is 18.2 Å². The minimum Gasteiger partial charge on any atom is -0.324 e. The van der Waals surface area contributed by atoms with Gasteiger partial charge in [-0.2, -0.15) is 5.10 Å². The summed E-state index contributed by atoms with van der Waals surface area (Å²) in [5.74, 6) is -0.623. The molecule has 1 aliphatic rings. The molecule has 1 fully saturated rings. The molecule has 0 radical (unpaired) electrons. The molecule has 1 unspecified atom stereocenters. The third kappa shape index (κ3) is 3.63. The van der Waals surface area contributed by atoms with Crippen LogP contribution >= 0.6 is 11.8 Å². The first-order valence-corrected chi connectivity index (χ1v) is 10.1. The Kier molecular flexibility index (Phi) is 5.12. The predicted molar refractivity (Wildman–Crippen MR) is 109 cm³/mol. The van der Waals surface area contributed by atoms with E-state index < -0.39 is 5.92 Å². The second kappa shape index (κ2) is 7.85.